The summed E-state index contributed by atoms with van der Waals surface area (Å²) in [6, 6.07) is 0.958. The number of hydrogen-bond donors (Lipinski definition) is 0. The van der Waals surface area contributed by atoms with Crippen molar-refractivity contribution < 1.29 is 23.1 Å². The number of hydrogen-bond acceptors (Lipinski definition) is 5. The van der Waals surface area contributed by atoms with Crippen molar-refractivity contribution in [3.8, 4) is 0 Å². The molecule has 0 N–H and O–H groups in total. The van der Waals surface area contributed by atoms with Crippen LogP contribution in [-0.4, -0.2) is 33.1 Å². The first-order valence-corrected chi connectivity index (χ1v) is 6.04. The summed E-state index contributed by atoms with van der Waals surface area (Å²) < 4.78 is 32.3. The zero-order valence-electron chi connectivity index (χ0n) is 11.0. The molecule has 6 nitrogen and oxygen atoms in total. The molecule has 1 unspecified atom stereocenters. The molecule has 1 aromatic heterocycles. The molecule has 0 aliphatic rings. The van der Waals surface area contributed by atoms with E-state index in [-0.39, 0.29) is 6.61 Å². The van der Waals surface area contributed by atoms with Gasteiger partial charge in [0.15, 0.2) is 0 Å². The number of carbonyl (C=O) groups is 2. The molecule has 0 radical (unpaired) electrons. The average Bonchev–Trinajstić information content (AvgIpc) is 2.92. The Hall–Kier alpha value is -2.64. The monoisotopic (exact) mass is 295 g/mol. The molecule has 21 heavy (non-hydrogen) atoms. The molecule has 1 atom stereocenters. The van der Waals surface area contributed by atoms with E-state index in [1.807, 2.05) is 0 Å². The lowest BCUT2D eigenvalue weighted by Crippen LogP contribution is -2.30. The third kappa shape index (κ3) is 3.10. The molecule has 1 aromatic carbocycles. The van der Waals surface area contributed by atoms with Crippen LogP contribution in [-0.2, 0) is 9.53 Å². The number of carbonyl (C=O) groups excluding carboxylic acids is 2. The van der Waals surface area contributed by atoms with E-state index in [0.717, 1.165) is 29.5 Å². The van der Waals surface area contributed by atoms with Crippen LogP contribution in [0.1, 0.15) is 23.3 Å². The maximum Gasteiger partial charge on any atom is 0.339 e. The van der Waals surface area contributed by atoms with Gasteiger partial charge in [-0.05, 0) is 19.1 Å². The number of benzene rings is 1. The van der Waals surface area contributed by atoms with Gasteiger partial charge in [0.25, 0.3) is 0 Å². The van der Waals surface area contributed by atoms with E-state index in [9.17, 15) is 18.4 Å². The molecule has 0 saturated carbocycles. The van der Waals surface area contributed by atoms with Crippen LogP contribution in [0.2, 0.25) is 0 Å². The highest BCUT2D eigenvalue weighted by molar-refractivity contribution is 6.10. The van der Waals surface area contributed by atoms with Gasteiger partial charge in [0.1, 0.15) is 24.3 Å². The van der Waals surface area contributed by atoms with E-state index >= 15 is 0 Å². The molecule has 2 aromatic rings. The fourth-order valence-corrected chi connectivity index (χ4v) is 1.74. The Morgan fingerprint density at radius 2 is 2.14 bits per heavy atom. The van der Waals surface area contributed by atoms with Crippen molar-refractivity contribution in [1.29, 1.82) is 0 Å². The molecule has 0 bridgehead atoms. The molecular formula is C13H11F2N3O3. The number of nitrogens with zero attached hydrogens (tertiary/aromatic N) is 3. The second-order valence-electron chi connectivity index (χ2n) is 4.02. The summed E-state index contributed by atoms with van der Waals surface area (Å²) in [5.74, 6) is -3.67. The quantitative estimate of drug-likeness (QED) is 0.475. The van der Waals surface area contributed by atoms with Crippen LogP contribution in [0, 0.1) is 11.6 Å². The van der Waals surface area contributed by atoms with Gasteiger partial charge in [0.2, 0.25) is 11.8 Å². The molecule has 0 fully saturated rings. The number of aromatic nitrogens is 3. The van der Waals surface area contributed by atoms with Crippen molar-refractivity contribution in [2.45, 2.75) is 13.0 Å². The molecule has 110 valence electrons. The summed E-state index contributed by atoms with van der Waals surface area (Å²) in [5, 5.41) is 3.70. The van der Waals surface area contributed by atoms with Crippen molar-refractivity contribution in [2.24, 2.45) is 0 Å². The average molecular weight is 295 g/mol. The Kier molecular flexibility index (Phi) is 4.36. The summed E-state index contributed by atoms with van der Waals surface area (Å²) in [5.41, 5.74) is -0.426. The number of ketones is 1. The molecular weight excluding hydrogens is 284 g/mol. The predicted octanol–water partition coefficient (Wildman–Crippen LogP) is 1.54. The van der Waals surface area contributed by atoms with Gasteiger partial charge >= 0.3 is 5.97 Å². The molecule has 2 rings (SSSR count). The lowest BCUT2D eigenvalue weighted by atomic mass is 10.0. The molecule has 0 aliphatic heterocycles. The fraction of sp³-hybridized carbons (Fsp3) is 0.231. The Balaban J connectivity index is 2.41. The lowest BCUT2D eigenvalue weighted by molar-refractivity contribution is -0.145. The summed E-state index contributed by atoms with van der Waals surface area (Å²) >= 11 is 0. The van der Waals surface area contributed by atoms with Crippen LogP contribution < -0.4 is 0 Å². The minimum Gasteiger partial charge on any atom is -0.464 e. The Morgan fingerprint density at radius 3 is 2.71 bits per heavy atom. The van der Waals surface area contributed by atoms with Gasteiger partial charge in [-0.15, -0.1) is 0 Å². The minimum atomic E-state index is -1.51. The summed E-state index contributed by atoms with van der Waals surface area (Å²) in [4.78, 5) is 27.9. The molecule has 0 amide bonds. The summed E-state index contributed by atoms with van der Waals surface area (Å²) in [7, 11) is 0. The number of esters is 1. The Labute approximate surface area is 118 Å². The van der Waals surface area contributed by atoms with Gasteiger partial charge in [0, 0.05) is 6.07 Å². The van der Waals surface area contributed by atoms with Crippen molar-refractivity contribution in [3.05, 3.63) is 48.1 Å². The summed E-state index contributed by atoms with van der Waals surface area (Å²) in [6.07, 6.45) is 2.27. The SMILES string of the molecule is CCOC(=O)C(C(=O)c1ccc(F)cc1F)n1cncn1. The first-order chi connectivity index (χ1) is 10.0. The highest BCUT2D eigenvalue weighted by atomic mass is 19.1. The molecule has 0 aliphatic carbocycles. The smallest absolute Gasteiger partial charge is 0.339 e. The topological polar surface area (TPSA) is 74.1 Å². The van der Waals surface area contributed by atoms with E-state index in [1.54, 1.807) is 6.92 Å². The highest BCUT2D eigenvalue weighted by Gasteiger charge is 2.33. The fourth-order valence-electron chi connectivity index (χ4n) is 1.74. The molecule has 0 saturated heterocycles. The third-order valence-electron chi connectivity index (χ3n) is 2.66. The summed E-state index contributed by atoms with van der Waals surface area (Å²) in [6.45, 7) is 1.61. The van der Waals surface area contributed by atoms with Gasteiger partial charge in [-0.25, -0.2) is 23.2 Å². The number of Topliss-reactive ketones (excluding diaryl/α,β-unsaturated/α-hetero) is 1. The Bertz CT molecular complexity index is 659. The second kappa shape index (κ2) is 6.21. The van der Waals surface area contributed by atoms with Crippen molar-refractivity contribution >= 4 is 11.8 Å². The van der Waals surface area contributed by atoms with E-state index in [4.69, 9.17) is 4.74 Å². The normalized spacial score (nSPS) is 12.0. The number of rotatable bonds is 5. The van der Waals surface area contributed by atoms with Gasteiger partial charge < -0.3 is 4.74 Å². The van der Waals surface area contributed by atoms with Gasteiger partial charge in [0.05, 0.1) is 12.2 Å². The van der Waals surface area contributed by atoms with E-state index in [1.165, 1.54) is 0 Å². The van der Waals surface area contributed by atoms with Crippen LogP contribution in [0.15, 0.2) is 30.9 Å². The standard InChI is InChI=1S/C13H11F2N3O3/c1-2-21-13(20)11(18-7-16-6-17-18)12(19)9-4-3-8(14)5-10(9)15/h3-7,11H,2H2,1H3. The van der Waals surface area contributed by atoms with Crippen molar-refractivity contribution in [1.82, 2.24) is 14.8 Å². The van der Waals surface area contributed by atoms with E-state index in [2.05, 4.69) is 10.1 Å². The first-order valence-electron chi connectivity index (χ1n) is 6.04. The molecule has 8 heteroatoms. The van der Waals surface area contributed by atoms with Gasteiger partial charge in [-0.3, -0.25) is 4.79 Å². The van der Waals surface area contributed by atoms with Crippen LogP contribution in [0.3, 0.4) is 0 Å². The van der Waals surface area contributed by atoms with E-state index < -0.39 is 35.0 Å². The van der Waals surface area contributed by atoms with Crippen LogP contribution >= 0.6 is 0 Å². The van der Waals surface area contributed by atoms with Gasteiger partial charge in [-0.1, -0.05) is 0 Å². The highest BCUT2D eigenvalue weighted by Crippen LogP contribution is 2.18. The van der Waals surface area contributed by atoms with E-state index in [0.29, 0.717) is 6.07 Å². The first kappa shape index (κ1) is 14.8. The number of halogens is 2. The molecule has 1 heterocycles. The maximum absolute atomic E-state index is 13.7. The second-order valence-corrected chi connectivity index (χ2v) is 4.02. The van der Waals surface area contributed by atoms with Crippen LogP contribution in [0.25, 0.3) is 0 Å². The number of ether oxygens (including phenoxy) is 1. The zero-order chi connectivity index (χ0) is 15.4. The van der Waals surface area contributed by atoms with Crippen LogP contribution in [0.5, 0.6) is 0 Å². The van der Waals surface area contributed by atoms with Crippen molar-refractivity contribution in [3.63, 3.8) is 0 Å². The zero-order valence-corrected chi connectivity index (χ0v) is 11.0. The predicted molar refractivity (Wildman–Crippen MR) is 66.4 cm³/mol. The largest absolute Gasteiger partial charge is 0.464 e. The van der Waals surface area contributed by atoms with Gasteiger partial charge in [-0.2, -0.15) is 5.10 Å². The minimum absolute atomic E-state index is 0.0449. The Morgan fingerprint density at radius 1 is 1.38 bits per heavy atom. The third-order valence-corrected chi connectivity index (χ3v) is 2.66. The maximum atomic E-state index is 13.7. The lowest BCUT2D eigenvalue weighted by Gasteiger charge is -2.14. The van der Waals surface area contributed by atoms with Crippen molar-refractivity contribution in [2.75, 3.05) is 6.61 Å². The van der Waals surface area contributed by atoms with Crippen LogP contribution in [0.4, 0.5) is 8.78 Å². The molecule has 0 spiro atoms.